The molecule has 316 valence electrons. The topological polar surface area (TPSA) is 191 Å². The van der Waals surface area contributed by atoms with Gasteiger partial charge < -0.3 is 29.2 Å². The monoisotopic (exact) mass is 834 g/mol. The molecule has 6 heterocycles. The van der Waals surface area contributed by atoms with Crippen molar-refractivity contribution < 1.29 is 41.5 Å². The molecule has 3 aliphatic rings. The molecule has 7 rings (SSSR count). The van der Waals surface area contributed by atoms with Crippen molar-refractivity contribution >= 4 is 50.0 Å². The fourth-order valence-corrected chi connectivity index (χ4v) is 9.05. The molecule has 0 aromatic carbocycles. The molecule has 0 bridgehead atoms. The Morgan fingerprint density at radius 3 is 2.26 bits per heavy atom. The lowest BCUT2D eigenvalue weighted by Crippen LogP contribution is -2.49. The van der Waals surface area contributed by atoms with E-state index in [9.17, 15) is 32.0 Å². The average molecular weight is 835 g/mol. The van der Waals surface area contributed by atoms with E-state index in [1.165, 1.54) is 26.2 Å². The number of hydrogen-bond donors (Lipinski definition) is 3. The van der Waals surface area contributed by atoms with Gasteiger partial charge in [-0.3, -0.25) is 24.6 Å². The lowest BCUT2D eigenvalue weighted by molar-refractivity contribution is -0.146. The molecular weight excluding hydrogens is 786 g/mol. The minimum atomic E-state index is -4.21. The van der Waals surface area contributed by atoms with E-state index in [0.717, 1.165) is 37.6 Å². The number of hydrogen-bond acceptors (Lipinski definition) is 16. The summed E-state index contributed by atoms with van der Waals surface area (Å²) in [4.78, 5) is 28.1. The summed E-state index contributed by atoms with van der Waals surface area (Å²) in [6, 6.07) is 2.77. The molecule has 2 saturated heterocycles. The van der Waals surface area contributed by atoms with Gasteiger partial charge in [0.05, 0.1) is 84.8 Å². The fourth-order valence-electron chi connectivity index (χ4n) is 7.88. The quantitative estimate of drug-likeness (QED) is 0.165. The number of morpholine rings is 1. The molecule has 22 heteroatoms. The standard InChI is InChI=1S/C36H49F3N12O6S/c1-24(31-22-44-35(46(31)2)51(52)53)50(58(3,54)55)26-16-29-30(40-19-26)17-32(49-12-14-56-15-13-49)45-33(29)57-28-6-4-25(5-7-28)18-41-34-42-20-27(21-43-34)48-10-8-47(9-11-48)23-36(37,38)39/h16-17,19-22,24-25,28,52-53H,4-15,18,23H2,1-3H3,(H,41,42,43). The maximum Gasteiger partial charge on any atom is 0.401 e. The molecule has 1 atom stereocenters. The Kier molecular flexibility index (Phi) is 12.3. The van der Waals surface area contributed by atoms with Crippen molar-refractivity contribution in [1.82, 2.24) is 34.4 Å². The van der Waals surface area contributed by atoms with Gasteiger partial charge in [0.15, 0.2) is 0 Å². The van der Waals surface area contributed by atoms with E-state index in [2.05, 4.69) is 25.2 Å². The number of piperazine rings is 1. The molecule has 1 saturated carbocycles. The molecule has 0 radical (unpaired) electrons. The highest BCUT2D eigenvalue weighted by atomic mass is 32.2. The minimum Gasteiger partial charge on any atom is -0.474 e. The predicted molar refractivity (Wildman–Crippen MR) is 209 cm³/mol. The van der Waals surface area contributed by atoms with Gasteiger partial charge in [0.2, 0.25) is 21.9 Å². The summed E-state index contributed by atoms with van der Waals surface area (Å²) >= 11 is 0. The Balaban J connectivity index is 1.02. The number of alkyl halides is 3. The van der Waals surface area contributed by atoms with E-state index in [4.69, 9.17) is 19.4 Å². The van der Waals surface area contributed by atoms with E-state index >= 15 is 0 Å². The van der Waals surface area contributed by atoms with Crippen molar-refractivity contribution in [2.75, 3.05) is 96.5 Å². The molecule has 58 heavy (non-hydrogen) atoms. The Labute approximate surface area is 334 Å². The highest BCUT2D eigenvalue weighted by molar-refractivity contribution is 7.92. The van der Waals surface area contributed by atoms with Crippen LogP contribution >= 0.6 is 0 Å². The summed E-state index contributed by atoms with van der Waals surface area (Å²) in [6.07, 6.45) is 6.26. The second-order valence-electron chi connectivity index (χ2n) is 15.0. The predicted octanol–water partition coefficient (Wildman–Crippen LogP) is 3.84. The van der Waals surface area contributed by atoms with Crippen LogP contribution in [0.1, 0.15) is 44.3 Å². The number of aromatic nitrogens is 6. The lowest BCUT2D eigenvalue weighted by Gasteiger charge is -2.35. The number of sulfonamides is 1. The zero-order chi connectivity index (χ0) is 41.2. The number of fused-ring (bicyclic) bond motifs is 1. The second kappa shape index (κ2) is 17.2. The third-order valence-electron chi connectivity index (χ3n) is 10.9. The maximum absolute atomic E-state index is 13.3. The van der Waals surface area contributed by atoms with Crippen LogP contribution in [0.4, 0.5) is 42.3 Å². The maximum atomic E-state index is 13.3. The van der Waals surface area contributed by atoms with Crippen LogP contribution in [0.3, 0.4) is 0 Å². The van der Waals surface area contributed by atoms with Crippen LogP contribution in [0.2, 0.25) is 0 Å². The van der Waals surface area contributed by atoms with E-state index in [0.29, 0.717) is 99.2 Å². The zero-order valence-electron chi connectivity index (χ0n) is 32.6. The van der Waals surface area contributed by atoms with Crippen molar-refractivity contribution in [1.29, 1.82) is 0 Å². The molecule has 1 unspecified atom stereocenters. The molecule has 3 fully saturated rings. The summed E-state index contributed by atoms with van der Waals surface area (Å²) in [5.74, 6) is 1.68. The number of nitrogens with one attached hydrogen (secondary N) is 1. The second-order valence-corrected chi connectivity index (χ2v) is 16.9. The van der Waals surface area contributed by atoms with Crippen LogP contribution in [-0.4, -0.2) is 137 Å². The first kappa shape index (κ1) is 41.4. The summed E-state index contributed by atoms with van der Waals surface area (Å²) in [6.45, 7) is 5.43. The average Bonchev–Trinajstić information content (AvgIpc) is 3.59. The smallest absolute Gasteiger partial charge is 0.401 e. The Morgan fingerprint density at radius 2 is 1.64 bits per heavy atom. The van der Waals surface area contributed by atoms with Crippen molar-refractivity contribution in [3.8, 4) is 5.88 Å². The summed E-state index contributed by atoms with van der Waals surface area (Å²) in [7, 11) is -2.35. The Bertz CT molecular complexity index is 2120. The van der Waals surface area contributed by atoms with Crippen molar-refractivity contribution in [3.63, 3.8) is 0 Å². The van der Waals surface area contributed by atoms with Gasteiger partial charge in [0.25, 0.3) is 5.95 Å². The van der Waals surface area contributed by atoms with Gasteiger partial charge >= 0.3 is 6.18 Å². The first-order valence-electron chi connectivity index (χ1n) is 19.2. The molecule has 1 aliphatic carbocycles. The molecule has 4 aromatic rings. The third-order valence-corrected chi connectivity index (χ3v) is 12.2. The van der Waals surface area contributed by atoms with Crippen LogP contribution in [0.5, 0.6) is 5.88 Å². The number of imidazole rings is 1. The summed E-state index contributed by atoms with van der Waals surface area (Å²) in [5.41, 5.74) is 2.04. The number of nitrogens with zero attached hydrogens (tertiary/aromatic N) is 11. The van der Waals surface area contributed by atoms with Crippen LogP contribution in [0, 0.1) is 5.92 Å². The number of rotatable bonds is 13. The molecule has 0 amide bonds. The lowest BCUT2D eigenvalue weighted by atomic mass is 9.87. The van der Waals surface area contributed by atoms with E-state index < -0.39 is 28.8 Å². The normalized spacial score (nSPS) is 20.3. The third kappa shape index (κ3) is 9.73. The highest BCUT2D eigenvalue weighted by Crippen LogP contribution is 2.37. The van der Waals surface area contributed by atoms with Crippen LogP contribution < -0.4 is 29.4 Å². The van der Waals surface area contributed by atoms with Gasteiger partial charge in [0, 0.05) is 58.9 Å². The van der Waals surface area contributed by atoms with Gasteiger partial charge in [-0.2, -0.15) is 18.2 Å². The number of pyridine rings is 2. The molecule has 2 aliphatic heterocycles. The first-order chi connectivity index (χ1) is 27.6. The minimum absolute atomic E-state index is 0.126. The highest BCUT2D eigenvalue weighted by Gasteiger charge is 2.33. The molecular formula is C36H49F3N12O6S. The first-order valence-corrected chi connectivity index (χ1v) is 21.1. The Morgan fingerprint density at radius 1 is 0.948 bits per heavy atom. The number of ether oxygens (including phenoxy) is 2. The molecule has 0 spiro atoms. The largest absolute Gasteiger partial charge is 0.474 e. The van der Waals surface area contributed by atoms with Gasteiger partial charge in [-0.1, -0.05) is 5.23 Å². The van der Waals surface area contributed by atoms with Gasteiger partial charge in [0.1, 0.15) is 11.9 Å². The number of anilines is 5. The van der Waals surface area contributed by atoms with Gasteiger partial charge in [-0.15, -0.1) is 0 Å². The SMILES string of the molecule is CC(c1cnc(N(O)O)n1C)N(c1cnc2cc(N3CCOCC3)nc(OC3CCC(CNc4ncc(N5CCN(CC(F)(F)F)CC5)cn4)CC3)c2c1)S(C)(=O)=O. The van der Waals surface area contributed by atoms with Crippen LogP contribution in [-0.2, 0) is 21.8 Å². The zero-order valence-corrected chi connectivity index (χ0v) is 33.4. The number of halogens is 3. The fraction of sp³-hybridized carbons (Fsp3) is 0.583. The summed E-state index contributed by atoms with van der Waals surface area (Å²) < 4.78 is 79.8. The molecule has 3 N–H and O–H groups in total. The Hall–Kier alpha value is -4.77. The van der Waals surface area contributed by atoms with Crippen molar-refractivity contribution in [2.24, 2.45) is 13.0 Å². The van der Waals surface area contributed by atoms with Crippen LogP contribution in [0.15, 0.2) is 36.9 Å². The van der Waals surface area contributed by atoms with E-state index in [1.807, 2.05) is 11.0 Å². The molecule has 4 aromatic heterocycles. The van der Waals surface area contributed by atoms with Gasteiger partial charge in [-0.05, 0) is 44.6 Å². The van der Waals surface area contributed by atoms with Crippen molar-refractivity contribution in [3.05, 3.63) is 42.6 Å². The summed E-state index contributed by atoms with van der Waals surface area (Å²) in [5, 5.41) is 22.9. The van der Waals surface area contributed by atoms with Crippen LogP contribution in [0.25, 0.3) is 10.9 Å². The van der Waals surface area contributed by atoms with E-state index in [1.54, 1.807) is 32.4 Å². The molecule has 18 nitrogen and oxygen atoms in total. The van der Waals surface area contributed by atoms with Gasteiger partial charge in [-0.25, -0.2) is 23.4 Å². The van der Waals surface area contributed by atoms with Crippen molar-refractivity contribution in [2.45, 2.75) is 50.9 Å². The van der Waals surface area contributed by atoms with E-state index in [-0.39, 0.29) is 23.0 Å².